The maximum atomic E-state index is 11.9. The standard InChI is InChI=1S/C14H24N4O4S/c1-10(2)14(19)17(3)9-12-15-13(16-22-12)11-5-7-18(8-6-11)23(4,20)21/h10-11H,5-9H2,1-4H3. The van der Waals surface area contributed by atoms with E-state index >= 15 is 0 Å². The molecule has 0 aromatic carbocycles. The van der Waals surface area contributed by atoms with Crippen molar-refractivity contribution in [1.29, 1.82) is 0 Å². The highest BCUT2D eigenvalue weighted by Crippen LogP contribution is 2.27. The Morgan fingerprint density at radius 3 is 2.52 bits per heavy atom. The van der Waals surface area contributed by atoms with Gasteiger partial charge in [-0.15, -0.1) is 0 Å². The fourth-order valence-electron chi connectivity index (χ4n) is 2.67. The number of aromatic nitrogens is 2. The minimum atomic E-state index is -3.13. The van der Waals surface area contributed by atoms with Crippen molar-refractivity contribution in [3.63, 3.8) is 0 Å². The Balaban J connectivity index is 1.94. The van der Waals surface area contributed by atoms with Crippen molar-refractivity contribution in [2.45, 2.75) is 39.2 Å². The average Bonchev–Trinajstić information content (AvgIpc) is 2.94. The lowest BCUT2D eigenvalue weighted by atomic mass is 9.98. The van der Waals surface area contributed by atoms with Crippen LogP contribution in [0.1, 0.15) is 44.3 Å². The maximum Gasteiger partial charge on any atom is 0.246 e. The Labute approximate surface area is 136 Å². The Morgan fingerprint density at radius 1 is 1.39 bits per heavy atom. The highest BCUT2D eigenvalue weighted by atomic mass is 32.2. The van der Waals surface area contributed by atoms with E-state index in [0.717, 1.165) is 0 Å². The van der Waals surface area contributed by atoms with Crippen LogP contribution in [0.5, 0.6) is 0 Å². The van der Waals surface area contributed by atoms with Crippen LogP contribution in [0.25, 0.3) is 0 Å². The summed E-state index contributed by atoms with van der Waals surface area (Å²) in [6.07, 6.45) is 2.57. The topological polar surface area (TPSA) is 96.6 Å². The highest BCUT2D eigenvalue weighted by Gasteiger charge is 2.28. The maximum absolute atomic E-state index is 11.9. The van der Waals surface area contributed by atoms with Crippen molar-refractivity contribution < 1.29 is 17.7 Å². The zero-order valence-electron chi connectivity index (χ0n) is 14.0. The molecule has 0 aliphatic carbocycles. The van der Waals surface area contributed by atoms with E-state index in [9.17, 15) is 13.2 Å². The summed E-state index contributed by atoms with van der Waals surface area (Å²) in [7, 11) is -1.43. The van der Waals surface area contributed by atoms with Crippen molar-refractivity contribution >= 4 is 15.9 Å². The molecular formula is C14H24N4O4S. The predicted octanol–water partition coefficient (Wildman–Crippen LogP) is 0.823. The second-order valence-corrected chi connectivity index (χ2v) is 8.31. The molecule has 1 aliphatic rings. The van der Waals surface area contributed by atoms with Gasteiger partial charge in [0.1, 0.15) is 0 Å². The van der Waals surface area contributed by atoms with Crippen LogP contribution in [0.2, 0.25) is 0 Å². The van der Waals surface area contributed by atoms with Gasteiger partial charge in [0.05, 0.1) is 12.8 Å². The van der Waals surface area contributed by atoms with Gasteiger partial charge < -0.3 is 9.42 Å². The number of sulfonamides is 1. The largest absolute Gasteiger partial charge is 0.337 e. The summed E-state index contributed by atoms with van der Waals surface area (Å²) in [5, 5.41) is 3.99. The second-order valence-electron chi connectivity index (χ2n) is 6.33. The lowest BCUT2D eigenvalue weighted by molar-refractivity contribution is -0.133. The molecule has 0 N–H and O–H groups in total. The third-order valence-corrected chi connectivity index (χ3v) is 5.32. The van der Waals surface area contributed by atoms with Crippen LogP contribution in [0, 0.1) is 5.92 Å². The lowest BCUT2D eigenvalue weighted by Crippen LogP contribution is -2.37. The Morgan fingerprint density at radius 2 is 2.00 bits per heavy atom. The summed E-state index contributed by atoms with van der Waals surface area (Å²) in [5.41, 5.74) is 0. The van der Waals surface area contributed by atoms with Crippen molar-refractivity contribution in [2.24, 2.45) is 5.92 Å². The molecule has 0 unspecified atom stereocenters. The van der Waals surface area contributed by atoms with Crippen LogP contribution in [0.15, 0.2) is 4.52 Å². The molecule has 1 aromatic rings. The third kappa shape index (κ3) is 4.51. The SMILES string of the molecule is CC(C)C(=O)N(C)Cc1nc(C2CCN(S(C)(=O)=O)CC2)no1. The first-order valence-corrected chi connectivity index (χ1v) is 9.56. The zero-order chi connectivity index (χ0) is 17.2. The van der Waals surface area contributed by atoms with E-state index in [4.69, 9.17) is 4.52 Å². The van der Waals surface area contributed by atoms with E-state index < -0.39 is 10.0 Å². The number of nitrogens with zero attached hydrogens (tertiary/aromatic N) is 4. The van der Waals surface area contributed by atoms with Crippen LogP contribution >= 0.6 is 0 Å². The number of rotatable bonds is 5. The Bertz CT molecular complexity index is 647. The highest BCUT2D eigenvalue weighted by molar-refractivity contribution is 7.88. The molecule has 0 atom stereocenters. The molecule has 1 amide bonds. The smallest absolute Gasteiger partial charge is 0.246 e. The summed E-state index contributed by atoms with van der Waals surface area (Å²) < 4.78 is 29.7. The van der Waals surface area contributed by atoms with E-state index in [1.165, 1.54) is 10.6 Å². The monoisotopic (exact) mass is 344 g/mol. The van der Waals surface area contributed by atoms with Crippen molar-refractivity contribution in [2.75, 3.05) is 26.4 Å². The second kappa shape index (κ2) is 6.96. The van der Waals surface area contributed by atoms with Crippen LogP contribution in [-0.4, -0.2) is 60.1 Å². The molecule has 0 radical (unpaired) electrons. The molecule has 2 heterocycles. The van der Waals surface area contributed by atoms with E-state index in [2.05, 4.69) is 10.1 Å². The number of carbonyl (C=O) groups is 1. The fraction of sp³-hybridized carbons (Fsp3) is 0.786. The van der Waals surface area contributed by atoms with Gasteiger partial charge in [0.2, 0.25) is 21.8 Å². The summed E-state index contributed by atoms with van der Waals surface area (Å²) in [6, 6.07) is 0. The van der Waals surface area contributed by atoms with Gasteiger partial charge in [-0.2, -0.15) is 4.98 Å². The molecule has 1 fully saturated rings. The van der Waals surface area contributed by atoms with Crippen LogP contribution in [0.3, 0.4) is 0 Å². The van der Waals surface area contributed by atoms with Gasteiger partial charge in [-0.25, -0.2) is 12.7 Å². The third-order valence-electron chi connectivity index (χ3n) is 4.01. The molecule has 8 nitrogen and oxygen atoms in total. The van der Waals surface area contributed by atoms with Crippen LogP contribution in [-0.2, 0) is 21.4 Å². The molecule has 130 valence electrons. The molecule has 0 saturated carbocycles. The fourth-order valence-corrected chi connectivity index (χ4v) is 3.54. The first kappa shape index (κ1) is 17.9. The van der Waals surface area contributed by atoms with Gasteiger partial charge in [0, 0.05) is 32.0 Å². The van der Waals surface area contributed by atoms with Gasteiger partial charge in [-0.3, -0.25) is 4.79 Å². The molecule has 9 heteroatoms. The Kier molecular flexibility index (Phi) is 5.41. The predicted molar refractivity (Wildman–Crippen MR) is 84.0 cm³/mol. The molecule has 0 bridgehead atoms. The van der Waals surface area contributed by atoms with Gasteiger partial charge >= 0.3 is 0 Å². The first-order valence-electron chi connectivity index (χ1n) is 7.71. The van der Waals surface area contributed by atoms with Crippen LogP contribution in [0.4, 0.5) is 0 Å². The summed E-state index contributed by atoms with van der Waals surface area (Å²) >= 11 is 0. The van der Waals surface area contributed by atoms with Gasteiger partial charge in [0.25, 0.3) is 0 Å². The number of carbonyl (C=O) groups excluding carboxylic acids is 1. The normalized spacial score (nSPS) is 17.6. The number of amides is 1. The van der Waals surface area contributed by atoms with Gasteiger partial charge in [-0.1, -0.05) is 19.0 Å². The van der Waals surface area contributed by atoms with Gasteiger partial charge in [0.15, 0.2) is 5.82 Å². The summed E-state index contributed by atoms with van der Waals surface area (Å²) in [5.74, 6) is 1.03. The minimum Gasteiger partial charge on any atom is -0.337 e. The molecule has 1 saturated heterocycles. The molecule has 0 spiro atoms. The quantitative estimate of drug-likeness (QED) is 0.785. The van der Waals surface area contributed by atoms with E-state index in [1.54, 1.807) is 11.9 Å². The zero-order valence-corrected chi connectivity index (χ0v) is 14.8. The lowest BCUT2D eigenvalue weighted by Gasteiger charge is -2.28. The van der Waals surface area contributed by atoms with E-state index in [1.807, 2.05) is 13.8 Å². The average molecular weight is 344 g/mol. The van der Waals surface area contributed by atoms with Crippen LogP contribution < -0.4 is 0 Å². The Hall–Kier alpha value is -1.48. The number of hydrogen-bond acceptors (Lipinski definition) is 6. The summed E-state index contributed by atoms with van der Waals surface area (Å²) in [6.45, 7) is 4.91. The van der Waals surface area contributed by atoms with Gasteiger partial charge in [-0.05, 0) is 12.8 Å². The van der Waals surface area contributed by atoms with Crippen molar-refractivity contribution in [3.8, 4) is 0 Å². The molecule has 1 aromatic heterocycles. The van der Waals surface area contributed by atoms with E-state index in [0.29, 0.717) is 37.6 Å². The van der Waals surface area contributed by atoms with Crippen molar-refractivity contribution in [3.05, 3.63) is 11.7 Å². The van der Waals surface area contributed by atoms with E-state index in [-0.39, 0.29) is 24.3 Å². The minimum absolute atomic E-state index is 0.0196. The molecule has 23 heavy (non-hydrogen) atoms. The molecule has 2 rings (SSSR count). The number of hydrogen-bond donors (Lipinski definition) is 0. The molecule has 1 aliphatic heterocycles. The summed E-state index contributed by atoms with van der Waals surface area (Å²) in [4.78, 5) is 17.8. The molecular weight excluding hydrogens is 320 g/mol. The number of piperidine rings is 1. The van der Waals surface area contributed by atoms with Crippen molar-refractivity contribution in [1.82, 2.24) is 19.3 Å². The first-order chi connectivity index (χ1) is 10.7.